The van der Waals surface area contributed by atoms with Crippen LogP contribution in [0, 0.1) is 0 Å². The topological polar surface area (TPSA) is 60.8 Å². The molecule has 0 amide bonds. The largest absolute Gasteiger partial charge is 0.325 e. The molecule has 0 rings (SSSR count). The van der Waals surface area contributed by atoms with E-state index in [4.69, 9.17) is 9.79 Å². The minimum atomic E-state index is -3.64. The molecule has 80 valence electrons. The number of hydrogen-bond donors (Lipinski definition) is 2. The van der Waals surface area contributed by atoms with E-state index in [1.165, 1.54) is 0 Å². The van der Waals surface area contributed by atoms with Crippen LogP contribution in [-0.2, 0) is 4.57 Å². The van der Waals surface area contributed by atoms with E-state index in [0.29, 0.717) is 0 Å². The van der Waals surface area contributed by atoms with Gasteiger partial charge >= 0.3 is 7.60 Å². The van der Waals surface area contributed by atoms with Gasteiger partial charge in [-0.2, -0.15) is 0 Å². The van der Waals surface area contributed by atoms with E-state index < -0.39 is 7.60 Å². The molecule has 4 nitrogen and oxygen atoms in total. The average molecular weight is 209 g/mol. The van der Waals surface area contributed by atoms with Crippen LogP contribution in [0.15, 0.2) is 12.7 Å². The lowest BCUT2D eigenvalue weighted by Gasteiger charge is -2.14. The summed E-state index contributed by atoms with van der Waals surface area (Å²) in [5, 5.41) is 0. The Morgan fingerprint density at radius 2 is 1.69 bits per heavy atom. The first kappa shape index (κ1) is 15.3. The highest BCUT2D eigenvalue weighted by molar-refractivity contribution is 7.50. The summed E-state index contributed by atoms with van der Waals surface area (Å²) in [6.07, 6.45) is 1.94. The summed E-state index contributed by atoms with van der Waals surface area (Å²) in [5.74, 6) is 0. The molecule has 0 aromatic rings. The smallest absolute Gasteiger partial charge is 0.322 e. The lowest BCUT2D eigenvalue weighted by Crippen LogP contribution is -2.22. The third-order valence-electron chi connectivity index (χ3n) is 1.28. The Morgan fingerprint density at radius 1 is 1.38 bits per heavy atom. The summed E-state index contributed by atoms with van der Waals surface area (Å²) in [4.78, 5) is 17.6. The lowest BCUT2D eigenvalue weighted by molar-refractivity contribution is 0.337. The molecule has 0 saturated heterocycles. The zero-order valence-corrected chi connectivity index (χ0v) is 9.50. The molecular weight excluding hydrogens is 189 g/mol. The zero-order valence-electron chi connectivity index (χ0n) is 8.60. The second-order valence-electron chi connectivity index (χ2n) is 2.61. The Hall–Kier alpha value is -0.150. The van der Waals surface area contributed by atoms with E-state index in [1.807, 2.05) is 6.08 Å². The average Bonchev–Trinajstić information content (AvgIpc) is 1.97. The van der Waals surface area contributed by atoms with E-state index in [0.717, 1.165) is 26.3 Å². The Balaban J connectivity index is 0. The highest BCUT2D eigenvalue weighted by Gasteiger charge is 1.95. The van der Waals surface area contributed by atoms with Crippen molar-refractivity contribution in [3.05, 3.63) is 12.7 Å². The van der Waals surface area contributed by atoms with Crippen molar-refractivity contribution < 1.29 is 14.4 Å². The highest BCUT2D eigenvalue weighted by atomic mass is 31.2. The molecule has 0 radical (unpaired) electrons. The van der Waals surface area contributed by atoms with Crippen molar-refractivity contribution in [2.24, 2.45) is 0 Å². The predicted molar refractivity (Wildman–Crippen MR) is 56.0 cm³/mol. The van der Waals surface area contributed by atoms with Crippen molar-refractivity contribution in [3.8, 4) is 0 Å². The van der Waals surface area contributed by atoms with Gasteiger partial charge in [-0.25, -0.2) is 0 Å². The van der Waals surface area contributed by atoms with Crippen molar-refractivity contribution in [2.75, 3.05) is 26.3 Å². The van der Waals surface area contributed by atoms with Crippen LogP contribution in [0.25, 0.3) is 0 Å². The fourth-order valence-electron chi connectivity index (χ4n) is 0.664. The molecule has 0 aromatic carbocycles. The van der Waals surface area contributed by atoms with Gasteiger partial charge in [0.15, 0.2) is 0 Å². The molecule has 5 heteroatoms. The van der Waals surface area contributed by atoms with E-state index in [9.17, 15) is 4.57 Å². The van der Waals surface area contributed by atoms with Crippen LogP contribution in [0.1, 0.15) is 13.8 Å². The van der Waals surface area contributed by atoms with Crippen molar-refractivity contribution in [1.29, 1.82) is 0 Å². The molecule has 0 bridgehead atoms. The van der Waals surface area contributed by atoms with Crippen LogP contribution in [0.3, 0.4) is 0 Å². The summed E-state index contributed by atoms with van der Waals surface area (Å²) in [6.45, 7) is 12.1. The van der Waals surface area contributed by atoms with Crippen LogP contribution in [0.2, 0.25) is 0 Å². The van der Waals surface area contributed by atoms with Crippen molar-refractivity contribution in [2.45, 2.75) is 13.8 Å². The molecule has 0 spiro atoms. The quantitative estimate of drug-likeness (QED) is 0.541. The third kappa shape index (κ3) is 24.5. The first-order valence-corrected chi connectivity index (χ1v) is 6.27. The SMILES string of the molecule is C=CCN(CC)CC.CP(=O)(O)O. The molecule has 0 aliphatic carbocycles. The Morgan fingerprint density at radius 3 is 1.77 bits per heavy atom. The van der Waals surface area contributed by atoms with Gasteiger partial charge in [0.05, 0.1) is 0 Å². The first-order chi connectivity index (χ1) is 5.85. The Bertz CT molecular complexity index is 155. The van der Waals surface area contributed by atoms with Gasteiger partial charge in [0.1, 0.15) is 0 Å². The van der Waals surface area contributed by atoms with E-state index in [2.05, 4.69) is 25.3 Å². The minimum Gasteiger partial charge on any atom is -0.325 e. The van der Waals surface area contributed by atoms with E-state index in [-0.39, 0.29) is 0 Å². The highest BCUT2D eigenvalue weighted by Crippen LogP contribution is 2.26. The summed E-state index contributed by atoms with van der Waals surface area (Å²) < 4.78 is 9.33. The lowest BCUT2D eigenvalue weighted by atomic mass is 10.5. The van der Waals surface area contributed by atoms with Crippen LogP contribution in [-0.4, -0.2) is 41.0 Å². The summed E-state index contributed by atoms with van der Waals surface area (Å²) in [6, 6.07) is 0. The Labute approximate surface area is 80.4 Å². The van der Waals surface area contributed by atoms with Crippen molar-refractivity contribution in [3.63, 3.8) is 0 Å². The maximum Gasteiger partial charge on any atom is 0.322 e. The molecule has 0 aliphatic heterocycles. The standard InChI is InChI=1S/C7H15N.CH5O3P/c1-4-7-8(5-2)6-3;1-5(2,3)4/h4H,1,5-7H2,2-3H3;1H3,(H2,2,3,4). The van der Waals surface area contributed by atoms with Gasteiger partial charge in [0.2, 0.25) is 0 Å². The van der Waals surface area contributed by atoms with Gasteiger partial charge in [-0.1, -0.05) is 19.9 Å². The van der Waals surface area contributed by atoms with Gasteiger partial charge < -0.3 is 14.7 Å². The summed E-state index contributed by atoms with van der Waals surface area (Å²) in [7, 11) is -3.64. The fourth-order valence-corrected chi connectivity index (χ4v) is 0.664. The maximum atomic E-state index is 9.33. The molecule has 0 unspecified atom stereocenters. The van der Waals surface area contributed by atoms with Crippen LogP contribution < -0.4 is 0 Å². The zero-order chi connectivity index (χ0) is 10.9. The fraction of sp³-hybridized carbons (Fsp3) is 0.750. The number of nitrogens with zero attached hydrogens (tertiary/aromatic N) is 1. The number of rotatable bonds is 4. The normalized spacial score (nSPS) is 10.6. The van der Waals surface area contributed by atoms with E-state index >= 15 is 0 Å². The molecular formula is C8H20NO3P. The van der Waals surface area contributed by atoms with Gasteiger partial charge in [-0.3, -0.25) is 4.57 Å². The van der Waals surface area contributed by atoms with Crippen LogP contribution in [0.5, 0.6) is 0 Å². The third-order valence-corrected chi connectivity index (χ3v) is 1.28. The molecule has 2 N–H and O–H groups in total. The van der Waals surface area contributed by atoms with Gasteiger partial charge in [0.25, 0.3) is 0 Å². The molecule has 13 heavy (non-hydrogen) atoms. The summed E-state index contributed by atoms with van der Waals surface area (Å²) in [5.41, 5.74) is 0. The number of hydrogen-bond acceptors (Lipinski definition) is 2. The van der Waals surface area contributed by atoms with Gasteiger partial charge in [0, 0.05) is 13.2 Å². The molecule has 0 atom stereocenters. The van der Waals surface area contributed by atoms with Gasteiger partial charge in [-0.15, -0.1) is 6.58 Å². The maximum absolute atomic E-state index is 9.33. The number of likely N-dealkylation sites (N-methyl/N-ethyl adjacent to an activating group) is 1. The van der Waals surface area contributed by atoms with Crippen LogP contribution in [0.4, 0.5) is 0 Å². The molecule has 0 fully saturated rings. The van der Waals surface area contributed by atoms with E-state index in [1.54, 1.807) is 0 Å². The van der Waals surface area contributed by atoms with Crippen molar-refractivity contribution in [1.82, 2.24) is 4.90 Å². The predicted octanol–water partition coefficient (Wildman–Crippen LogP) is 1.31. The second kappa shape index (κ2) is 8.45. The van der Waals surface area contributed by atoms with Gasteiger partial charge in [-0.05, 0) is 13.1 Å². The van der Waals surface area contributed by atoms with Crippen LogP contribution >= 0.6 is 7.60 Å². The molecule has 0 aromatic heterocycles. The molecule has 0 saturated carbocycles. The Kier molecular flexibility index (Phi) is 9.96. The second-order valence-corrected chi connectivity index (χ2v) is 4.28. The molecule has 0 heterocycles. The van der Waals surface area contributed by atoms with Crippen molar-refractivity contribution >= 4 is 7.60 Å². The first-order valence-electron chi connectivity index (χ1n) is 4.21. The minimum absolute atomic E-state index is 0.854. The monoisotopic (exact) mass is 209 g/mol. The summed E-state index contributed by atoms with van der Waals surface area (Å²) >= 11 is 0. The molecule has 0 aliphatic rings.